The minimum Gasteiger partial charge on any atom is -0.486 e. The van der Waals surface area contributed by atoms with Crippen LogP contribution in [0.15, 0.2) is 53.9 Å². The summed E-state index contributed by atoms with van der Waals surface area (Å²) in [5.74, 6) is 0.828. The minimum absolute atomic E-state index is 0.107. The molecule has 0 aliphatic carbocycles. The van der Waals surface area contributed by atoms with Crippen molar-refractivity contribution in [3.8, 4) is 11.5 Å². The van der Waals surface area contributed by atoms with Crippen LogP contribution in [-0.2, 0) is 11.4 Å². The fourth-order valence-electron chi connectivity index (χ4n) is 3.34. The maximum Gasteiger partial charge on any atom is 0.260 e. The fraction of sp³-hybridized carbons (Fsp3) is 0.280. The number of fused-ring (bicyclic) bond motifs is 1. The van der Waals surface area contributed by atoms with Gasteiger partial charge in [0.05, 0.1) is 22.5 Å². The summed E-state index contributed by atoms with van der Waals surface area (Å²) in [6, 6.07) is 7.66. The average molecular weight is 482 g/mol. The SMILES string of the molecule is CCN(C)C(=O)COc1cncc(Cl)c1COc1cccc2c(C(/C=C\N)=NC)cc(C)nc12. The van der Waals surface area contributed by atoms with Crippen LogP contribution < -0.4 is 15.2 Å². The van der Waals surface area contributed by atoms with Gasteiger partial charge in [0, 0.05) is 43.5 Å². The maximum absolute atomic E-state index is 12.1. The lowest BCUT2D eigenvalue weighted by atomic mass is 10.0. The van der Waals surface area contributed by atoms with Crippen molar-refractivity contribution in [2.75, 3.05) is 27.2 Å². The van der Waals surface area contributed by atoms with Gasteiger partial charge < -0.3 is 20.1 Å². The highest BCUT2D eigenvalue weighted by atomic mass is 35.5. The van der Waals surface area contributed by atoms with Crippen LogP contribution >= 0.6 is 11.6 Å². The van der Waals surface area contributed by atoms with Crippen molar-refractivity contribution < 1.29 is 14.3 Å². The van der Waals surface area contributed by atoms with Gasteiger partial charge in [-0.2, -0.15) is 0 Å². The predicted molar refractivity (Wildman–Crippen MR) is 135 cm³/mol. The molecule has 178 valence electrons. The number of allylic oxidation sites excluding steroid dienone is 1. The number of rotatable bonds is 9. The Morgan fingerprint density at radius 1 is 1.26 bits per heavy atom. The van der Waals surface area contributed by atoms with Gasteiger partial charge in [-0.05, 0) is 38.3 Å². The summed E-state index contributed by atoms with van der Waals surface area (Å²) in [4.78, 5) is 26.8. The molecule has 8 nitrogen and oxygen atoms in total. The molecule has 0 unspecified atom stereocenters. The molecule has 0 radical (unpaired) electrons. The standard InChI is InChI=1S/C25H28ClN5O3/c1-5-31(4)24(32)15-34-23-13-29-12-20(26)19(23)14-33-22-8-6-7-17-18(21(28-3)9-10-27)11-16(2)30-25(17)22/h6-13H,5,14-15,27H2,1-4H3/b10-9-,28-21?. The van der Waals surface area contributed by atoms with Gasteiger partial charge >= 0.3 is 0 Å². The molecule has 1 amide bonds. The van der Waals surface area contributed by atoms with Crippen molar-refractivity contribution in [1.82, 2.24) is 14.9 Å². The van der Waals surface area contributed by atoms with Gasteiger partial charge in [0.1, 0.15) is 23.6 Å². The molecule has 0 saturated carbocycles. The highest BCUT2D eigenvalue weighted by Crippen LogP contribution is 2.31. The molecular weight excluding hydrogens is 454 g/mol. The summed E-state index contributed by atoms with van der Waals surface area (Å²) in [5, 5.41) is 1.26. The molecule has 0 saturated heterocycles. The van der Waals surface area contributed by atoms with E-state index in [-0.39, 0.29) is 19.1 Å². The van der Waals surface area contributed by atoms with Crippen molar-refractivity contribution in [2.45, 2.75) is 20.5 Å². The van der Waals surface area contributed by atoms with E-state index in [9.17, 15) is 4.79 Å². The van der Waals surface area contributed by atoms with E-state index < -0.39 is 0 Å². The summed E-state index contributed by atoms with van der Waals surface area (Å²) in [5.41, 5.74) is 9.35. The van der Waals surface area contributed by atoms with Crippen LogP contribution in [0.4, 0.5) is 0 Å². The number of para-hydroxylation sites is 1. The van der Waals surface area contributed by atoms with Crippen LogP contribution in [0.1, 0.15) is 23.7 Å². The van der Waals surface area contributed by atoms with Crippen LogP contribution in [0.2, 0.25) is 5.02 Å². The number of amides is 1. The van der Waals surface area contributed by atoms with E-state index in [1.54, 1.807) is 25.1 Å². The molecule has 34 heavy (non-hydrogen) atoms. The number of nitrogens with zero attached hydrogens (tertiary/aromatic N) is 4. The maximum atomic E-state index is 12.1. The second-order valence-electron chi connectivity index (χ2n) is 7.51. The Bertz CT molecular complexity index is 1240. The molecule has 1 aromatic carbocycles. The summed E-state index contributed by atoms with van der Waals surface area (Å²) in [7, 11) is 3.43. The first-order valence-electron chi connectivity index (χ1n) is 10.8. The van der Waals surface area contributed by atoms with Gasteiger partial charge in [0.25, 0.3) is 5.91 Å². The number of benzene rings is 1. The zero-order chi connectivity index (χ0) is 24.7. The monoisotopic (exact) mass is 481 g/mol. The Labute approximate surface area is 204 Å². The molecule has 0 atom stereocenters. The summed E-state index contributed by atoms with van der Waals surface area (Å²) < 4.78 is 11.9. The van der Waals surface area contributed by atoms with Crippen molar-refractivity contribution in [3.63, 3.8) is 0 Å². The van der Waals surface area contributed by atoms with Gasteiger partial charge in [-0.1, -0.05) is 23.7 Å². The molecule has 0 aliphatic rings. The number of hydrogen-bond acceptors (Lipinski definition) is 7. The normalized spacial score (nSPS) is 11.7. The van der Waals surface area contributed by atoms with Gasteiger partial charge in [0.15, 0.2) is 6.61 Å². The number of likely N-dealkylation sites (N-methyl/N-ethyl adjacent to an activating group) is 1. The number of aliphatic imine (C=N–C) groups is 1. The van der Waals surface area contributed by atoms with Crippen LogP contribution in [0.5, 0.6) is 11.5 Å². The van der Waals surface area contributed by atoms with E-state index in [0.29, 0.717) is 34.1 Å². The number of aromatic nitrogens is 2. The lowest BCUT2D eigenvalue weighted by Gasteiger charge is -2.17. The van der Waals surface area contributed by atoms with Crippen molar-refractivity contribution in [3.05, 3.63) is 70.8 Å². The van der Waals surface area contributed by atoms with Crippen molar-refractivity contribution in [1.29, 1.82) is 0 Å². The number of ether oxygens (including phenoxy) is 2. The van der Waals surface area contributed by atoms with E-state index in [1.807, 2.05) is 38.1 Å². The highest BCUT2D eigenvalue weighted by molar-refractivity contribution is 6.31. The molecule has 2 heterocycles. The predicted octanol–water partition coefficient (Wildman–Crippen LogP) is 3.92. The Balaban J connectivity index is 1.92. The number of halogens is 1. The molecular formula is C25H28ClN5O3. The molecule has 0 spiro atoms. The van der Waals surface area contributed by atoms with E-state index in [4.69, 9.17) is 31.8 Å². The van der Waals surface area contributed by atoms with Crippen LogP contribution in [-0.4, -0.2) is 53.7 Å². The summed E-state index contributed by atoms with van der Waals surface area (Å²) in [6.07, 6.45) is 6.25. The Morgan fingerprint density at radius 3 is 2.76 bits per heavy atom. The third-order valence-electron chi connectivity index (χ3n) is 5.29. The number of pyridine rings is 2. The quantitative estimate of drug-likeness (QED) is 0.464. The molecule has 2 aromatic heterocycles. The number of aryl methyl sites for hydroxylation is 1. The zero-order valence-corrected chi connectivity index (χ0v) is 20.5. The first-order chi connectivity index (χ1) is 16.4. The van der Waals surface area contributed by atoms with E-state index >= 15 is 0 Å². The topological polar surface area (TPSA) is 103 Å². The minimum atomic E-state index is -0.143. The van der Waals surface area contributed by atoms with Gasteiger partial charge in [-0.15, -0.1) is 0 Å². The van der Waals surface area contributed by atoms with Crippen LogP contribution in [0.25, 0.3) is 10.9 Å². The second-order valence-corrected chi connectivity index (χ2v) is 7.92. The van der Waals surface area contributed by atoms with E-state index in [0.717, 1.165) is 22.4 Å². The smallest absolute Gasteiger partial charge is 0.260 e. The summed E-state index contributed by atoms with van der Waals surface area (Å²) >= 11 is 6.40. The van der Waals surface area contributed by atoms with Crippen molar-refractivity contribution in [2.24, 2.45) is 10.7 Å². The second kappa shape index (κ2) is 11.5. The van der Waals surface area contributed by atoms with E-state index in [2.05, 4.69) is 9.98 Å². The molecule has 3 rings (SSSR count). The Hall–Kier alpha value is -3.65. The van der Waals surface area contributed by atoms with Crippen LogP contribution in [0.3, 0.4) is 0 Å². The Morgan fingerprint density at radius 2 is 2.06 bits per heavy atom. The van der Waals surface area contributed by atoms with Crippen molar-refractivity contribution >= 4 is 34.1 Å². The van der Waals surface area contributed by atoms with Crippen LogP contribution in [0, 0.1) is 6.92 Å². The number of carbonyl (C=O) groups is 1. The number of hydrogen-bond donors (Lipinski definition) is 1. The number of carbonyl (C=O) groups excluding carboxylic acids is 1. The zero-order valence-electron chi connectivity index (χ0n) is 19.7. The molecule has 0 fully saturated rings. The molecule has 3 aromatic rings. The molecule has 0 aliphatic heterocycles. The first kappa shape index (κ1) is 25.0. The molecule has 9 heteroatoms. The van der Waals surface area contributed by atoms with Gasteiger partial charge in [-0.3, -0.25) is 14.8 Å². The highest BCUT2D eigenvalue weighted by Gasteiger charge is 2.16. The van der Waals surface area contributed by atoms with Gasteiger partial charge in [-0.25, -0.2) is 4.98 Å². The number of nitrogens with two attached hydrogens (primary N) is 1. The fourth-order valence-corrected chi connectivity index (χ4v) is 3.54. The lowest BCUT2D eigenvalue weighted by molar-refractivity contribution is -0.131. The first-order valence-corrected chi connectivity index (χ1v) is 11.1. The Kier molecular flexibility index (Phi) is 8.43. The van der Waals surface area contributed by atoms with E-state index in [1.165, 1.54) is 18.6 Å². The third kappa shape index (κ3) is 5.63. The van der Waals surface area contributed by atoms with Gasteiger partial charge in [0.2, 0.25) is 0 Å². The lowest BCUT2D eigenvalue weighted by Crippen LogP contribution is -2.31. The summed E-state index contributed by atoms with van der Waals surface area (Å²) in [6.45, 7) is 4.38. The average Bonchev–Trinajstić information content (AvgIpc) is 2.84. The molecule has 0 bridgehead atoms. The molecule has 2 N–H and O–H groups in total. The largest absolute Gasteiger partial charge is 0.486 e. The third-order valence-corrected chi connectivity index (χ3v) is 5.62.